The van der Waals surface area contributed by atoms with Crippen molar-refractivity contribution < 1.29 is 0 Å². The second-order valence-electron chi connectivity index (χ2n) is 3.14. The third kappa shape index (κ3) is 1.80. The van der Waals surface area contributed by atoms with Gasteiger partial charge in [-0.1, -0.05) is 0 Å². The van der Waals surface area contributed by atoms with Gasteiger partial charge in [-0.05, 0) is 20.8 Å². The molecule has 1 atom stereocenters. The third-order valence-corrected chi connectivity index (χ3v) is 1.68. The molecule has 0 aliphatic heterocycles. The smallest absolute Gasteiger partial charge is 0.0537 e. The molecule has 0 aliphatic rings. The summed E-state index contributed by atoms with van der Waals surface area (Å²) in [6.07, 6.45) is 3.82. The molecule has 1 heterocycles. The average molecular weight is 153 g/mol. The number of hydrogen-bond donors (Lipinski definition) is 1. The molecule has 0 aliphatic carbocycles. The van der Waals surface area contributed by atoms with E-state index in [1.165, 1.54) is 0 Å². The first-order valence-electron chi connectivity index (χ1n) is 3.91. The number of nitrogens with zero attached hydrogens (tertiary/aromatic N) is 2. The summed E-state index contributed by atoms with van der Waals surface area (Å²) in [5, 5.41) is 4.17. The molecule has 0 aromatic carbocycles. The van der Waals surface area contributed by atoms with E-state index >= 15 is 0 Å². The highest BCUT2D eigenvalue weighted by molar-refractivity contribution is 5.08. The molecule has 0 saturated heterocycles. The average Bonchev–Trinajstić information content (AvgIpc) is 2.33. The molecule has 3 heteroatoms. The van der Waals surface area contributed by atoms with Crippen LogP contribution in [0.2, 0.25) is 0 Å². The van der Waals surface area contributed by atoms with E-state index in [4.69, 9.17) is 5.73 Å². The van der Waals surface area contributed by atoms with Gasteiger partial charge in [0.2, 0.25) is 0 Å². The van der Waals surface area contributed by atoms with Crippen LogP contribution >= 0.6 is 0 Å². The highest BCUT2D eigenvalue weighted by Crippen LogP contribution is 2.10. The predicted molar refractivity (Wildman–Crippen MR) is 45.2 cm³/mol. The van der Waals surface area contributed by atoms with E-state index in [0.29, 0.717) is 6.04 Å². The first-order chi connectivity index (χ1) is 5.11. The van der Waals surface area contributed by atoms with Crippen LogP contribution in [0, 0.1) is 0 Å². The fourth-order valence-electron chi connectivity index (χ4n) is 0.870. The van der Waals surface area contributed by atoms with Gasteiger partial charge in [0, 0.05) is 23.8 Å². The van der Waals surface area contributed by atoms with Gasteiger partial charge in [-0.25, -0.2) is 0 Å². The van der Waals surface area contributed by atoms with E-state index in [2.05, 4.69) is 18.9 Å². The zero-order chi connectivity index (χ0) is 8.43. The largest absolute Gasteiger partial charge is 0.324 e. The van der Waals surface area contributed by atoms with Crippen LogP contribution in [0.5, 0.6) is 0 Å². The minimum absolute atomic E-state index is 0.0856. The molecule has 2 N–H and O–H groups in total. The highest BCUT2D eigenvalue weighted by Gasteiger charge is 2.03. The van der Waals surface area contributed by atoms with Crippen molar-refractivity contribution in [1.82, 2.24) is 9.78 Å². The van der Waals surface area contributed by atoms with Crippen LogP contribution in [0.25, 0.3) is 0 Å². The topological polar surface area (TPSA) is 43.8 Å². The van der Waals surface area contributed by atoms with E-state index in [1.54, 1.807) is 0 Å². The summed E-state index contributed by atoms with van der Waals surface area (Å²) in [7, 11) is 0. The van der Waals surface area contributed by atoms with Gasteiger partial charge in [0.25, 0.3) is 0 Å². The van der Waals surface area contributed by atoms with Crippen molar-refractivity contribution in [1.29, 1.82) is 0 Å². The highest BCUT2D eigenvalue weighted by atomic mass is 15.3. The molecule has 62 valence electrons. The molecular weight excluding hydrogens is 138 g/mol. The Balaban J connectivity index is 2.82. The second kappa shape index (κ2) is 3.05. The Labute approximate surface area is 67.2 Å². The first-order valence-corrected chi connectivity index (χ1v) is 3.91. The van der Waals surface area contributed by atoms with Crippen molar-refractivity contribution in [2.45, 2.75) is 32.9 Å². The number of aromatic nitrogens is 2. The lowest BCUT2D eigenvalue weighted by atomic mass is 10.2. The molecule has 0 unspecified atom stereocenters. The van der Waals surface area contributed by atoms with E-state index in [1.807, 2.05) is 24.0 Å². The molecule has 1 rings (SSSR count). The normalized spacial score (nSPS) is 13.9. The Morgan fingerprint density at radius 3 is 2.36 bits per heavy atom. The van der Waals surface area contributed by atoms with E-state index in [9.17, 15) is 0 Å². The van der Waals surface area contributed by atoms with Crippen LogP contribution in [0.3, 0.4) is 0 Å². The maximum Gasteiger partial charge on any atom is 0.0537 e. The lowest BCUT2D eigenvalue weighted by molar-refractivity contribution is 0.531. The van der Waals surface area contributed by atoms with Gasteiger partial charge in [0.05, 0.1) is 6.20 Å². The quantitative estimate of drug-likeness (QED) is 0.699. The molecule has 1 aromatic rings. The van der Waals surface area contributed by atoms with Crippen molar-refractivity contribution in [3.63, 3.8) is 0 Å². The van der Waals surface area contributed by atoms with Crippen molar-refractivity contribution in [3.05, 3.63) is 18.0 Å². The maximum absolute atomic E-state index is 5.67. The lowest BCUT2D eigenvalue weighted by Crippen LogP contribution is -2.04. The molecule has 0 saturated carbocycles. The number of rotatable bonds is 2. The molecule has 1 aromatic heterocycles. The minimum Gasteiger partial charge on any atom is -0.324 e. The Kier molecular flexibility index (Phi) is 2.29. The van der Waals surface area contributed by atoms with Crippen molar-refractivity contribution in [3.8, 4) is 0 Å². The minimum atomic E-state index is 0.0856. The molecule has 0 spiro atoms. The van der Waals surface area contributed by atoms with Gasteiger partial charge < -0.3 is 5.73 Å². The molecule has 0 radical (unpaired) electrons. The lowest BCUT2D eigenvalue weighted by Gasteiger charge is -2.03. The Bertz CT molecular complexity index is 202. The number of hydrogen-bond acceptors (Lipinski definition) is 2. The fraction of sp³-hybridized carbons (Fsp3) is 0.625. The molecule has 0 fully saturated rings. The molecule has 0 amide bonds. The van der Waals surface area contributed by atoms with Gasteiger partial charge in [0.15, 0.2) is 0 Å². The van der Waals surface area contributed by atoms with Gasteiger partial charge in [-0.3, -0.25) is 4.68 Å². The second-order valence-corrected chi connectivity index (χ2v) is 3.14. The summed E-state index contributed by atoms with van der Waals surface area (Å²) in [6, 6.07) is 0.505. The van der Waals surface area contributed by atoms with Crippen LogP contribution in [0.15, 0.2) is 12.4 Å². The third-order valence-electron chi connectivity index (χ3n) is 1.68. The summed E-state index contributed by atoms with van der Waals surface area (Å²) in [5.41, 5.74) is 6.77. The molecule has 11 heavy (non-hydrogen) atoms. The Morgan fingerprint density at radius 1 is 1.45 bits per heavy atom. The van der Waals surface area contributed by atoms with Crippen LogP contribution in [-0.4, -0.2) is 9.78 Å². The zero-order valence-corrected chi connectivity index (χ0v) is 7.28. The molecular formula is C8H15N3. The van der Waals surface area contributed by atoms with Gasteiger partial charge in [0.1, 0.15) is 0 Å². The van der Waals surface area contributed by atoms with E-state index in [-0.39, 0.29) is 6.04 Å². The van der Waals surface area contributed by atoms with Crippen LogP contribution in [-0.2, 0) is 0 Å². The van der Waals surface area contributed by atoms with Crippen LogP contribution in [0.4, 0.5) is 0 Å². The van der Waals surface area contributed by atoms with E-state index in [0.717, 1.165) is 5.56 Å². The predicted octanol–water partition coefficient (Wildman–Crippen LogP) is 1.48. The van der Waals surface area contributed by atoms with Gasteiger partial charge in [-0.15, -0.1) is 0 Å². The van der Waals surface area contributed by atoms with Crippen molar-refractivity contribution in [2.75, 3.05) is 0 Å². The SMILES string of the molecule is CC(C)n1cc([C@H](C)N)cn1. The summed E-state index contributed by atoms with van der Waals surface area (Å²) in [6.45, 7) is 6.15. The zero-order valence-electron chi connectivity index (χ0n) is 7.28. The number of nitrogens with two attached hydrogens (primary N) is 1. The van der Waals surface area contributed by atoms with Crippen molar-refractivity contribution in [2.24, 2.45) is 5.73 Å². The monoisotopic (exact) mass is 153 g/mol. The summed E-state index contributed by atoms with van der Waals surface area (Å²) in [5.74, 6) is 0. The van der Waals surface area contributed by atoms with Crippen LogP contribution in [0.1, 0.15) is 38.4 Å². The summed E-state index contributed by atoms with van der Waals surface area (Å²) in [4.78, 5) is 0. The molecule has 0 bridgehead atoms. The first kappa shape index (κ1) is 8.27. The fourth-order valence-corrected chi connectivity index (χ4v) is 0.870. The Morgan fingerprint density at radius 2 is 2.09 bits per heavy atom. The van der Waals surface area contributed by atoms with Crippen molar-refractivity contribution >= 4 is 0 Å². The van der Waals surface area contributed by atoms with E-state index < -0.39 is 0 Å². The summed E-state index contributed by atoms with van der Waals surface area (Å²) >= 11 is 0. The van der Waals surface area contributed by atoms with Crippen LogP contribution < -0.4 is 5.73 Å². The Hall–Kier alpha value is -0.830. The maximum atomic E-state index is 5.67. The standard InChI is InChI=1S/C8H15N3/c1-6(2)11-5-8(4-10-11)7(3)9/h4-7H,9H2,1-3H3/t7-/m0/s1. The molecule has 3 nitrogen and oxygen atoms in total. The van der Waals surface area contributed by atoms with Gasteiger partial charge >= 0.3 is 0 Å². The summed E-state index contributed by atoms with van der Waals surface area (Å²) < 4.78 is 1.92. The van der Waals surface area contributed by atoms with Gasteiger partial charge in [-0.2, -0.15) is 5.10 Å².